The van der Waals surface area contributed by atoms with E-state index in [2.05, 4.69) is 12.2 Å². The summed E-state index contributed by atoms with van der Waals surface area (Å²) >= 11 is 0. The Labute approximate surface area is 124 Å². The summed E-state index contributed by atoms with van der Waals surface area (Å²) in [5, 5.41) is 3.33. The molecule has 0 amide bonds. The largest absolute Gasteiger partial charge is 0.317 e. The summed E-state index contributed by atoms with van der Waals surface area (Å²) in [6.07, 6.45) is 8.77. The number of rotatable bonds is 8. The fraction of sp³-hybridized carbons (Fsp3) is 1.00. The molecule has 1 N–H and O–H groups in total. The maximum absolute atomic E-state index is 12.5. The van der Waals surface area contributed by atoms with E-state index in [0.717, 1.165) is 51.7 Å². The first kappa shape index (κ1) is 16.2. The summed E-state index contributed by atoms with van der Waals surface area (Å²) in [5.74, 6) is 0.981. The van der Waals surface area contributed by atoms with Gasteiger partial charge in [0.2, 0.25) is 10.0 Å². The average molecular weight is 302 g/mol. The molecule has 2 aliphatic rings. The van der Waals surface area contributed by atoms with Crippen molar-refractivity contribution >= 4 is 10.0 Å². The highest BCUT2D eigenvalue weighted by Crippen LogP contribution is 2.37. The van der Waals surface area contributed by atoms with Gasteiger partial charge >= 0.3 is 0 Å². The molecule has 0 radical (unpaired) electrons. The van der Waals surface area contributed by atoms with Crippen molar-refractivity contribution in [3.63, 3.8) is 0 Å². The summed E-state index contributed by atoms with van der Waals surface area (Å²) in [6, 6.07) is 0.326. The smallest absolute Gasteiger partial charge is 0.214 e. The van der Waals surface area contributed by atoms with Gasteiger partial charge in [-0.25, -0.2) is 8.42 Å². The molecule has 1 aliphatic heterocycles. The Hall–Kier alpha value is -0.130. The Morgan fingerprint density at radius 3 is 2.70 bits per heavy atom. The standard InChI is InChI=1S/C15H30N2O2S/c1-2-10-16-11-5-6-13-20(18,19)17-12-9-14-7-3-4-8-15(14)17/h14-16H,2-13H2,1H3. The van der Waals surface area contributed by atoms with Gasteiger partial charge in [0.1, 0.15) is 0 Å². The van der Waals surface area contributed by atoms with Crippen LogP contribution < -0.4 is 5.32 Å². The van der Waals surface area contributed by atoms with E-state index in [9.17, 15) is 8.42 Å². The van der Waals surface area contributed by atoms with Crippen molar-refractivity contribution in [1.29, 1.82) is 0 Å². The Balaban J connectivity index is 1.75. The fourth-order valence-electron chi connectivity index (χ4n) is 3.66. The molecule has 1 saturated carbocycles. The van der Waals surface area contributed by atoms with Gasteiger partial charge in [-0.3, -0.25) is 0 Å². The zero-order chi connectivity index (χ0) is 14.4. The van der Waals surface area contributed by atoms with Crippen LogP contribution in [0.3, 0.4) is 0 Å². The van der Waals surface area contributed by atoms with Crippen LogP contribution in [0.4, 0.5) is 0 Å². The van der Waals surface area contributed by atoms with Crippen LogP contribution in [0, 0.1) is 5.92 Å². The second kappa shape index (κ2) is 7.76. The van der Waals surface area contributed by atoms with Crippen molar-refractivity contribution in [3.05, 3.63) is 0 Å². The topological polar surface area (TPSA) is 49.4 Å². The van der Waals surface area contributed by atoms with Gasteiger partial charge in [0.25, 0.3) is 0 Å². The quantitative estimate of drug-likeness (QED) is 0.700. The molecule has 4 nitrogen and oxygen atoms in total. The molecular weight excluding hydrogens is 272 g/mol. The second-order valence-electron chi connectivity index (χ2n) is 6.28. The third-order valence-corrected chi connectivity index (χ3v) is 6.72. The molecule has 1 aliphatic carbocycles. The first-order chi connectivity index (χ1) is 9.65. The van der Waals surface area contributed by atoms with Gasteiger partial charge in [-0.05, 0) is 57.5 Å². The van der Waals surface area contributed by atoms with Crippen LogP contribution >= 0.6 is 0 Å². The van der Waals surface area contributed by atoms with Crippen molar-refractivity contribution in [3.8, 4) is 0 Å². The average Bonchev–Trinajstić information content (AvgIpc) is 2.87. The van der Waals surface area contributed by atoms with Crippen molar-refractivity contribution in [2.75, 3.05) is 25.4 Å². The maximum atomic E-state index is 12.5. The van der Waals surface area contributed by atoms with Gasteiger partial charge in [0, 0.05) is 12.6 Å². The van der Waals surface area contributed by atoms with Crippen LogP contribution in [0.15, 0.2) is 0 Å². The number of sulfonamides is 1. The first-order valence-electron chi connectivity index (χ1n) is 8.35. The van der Waals surface area contributed by atoms with E-state index in [-0.39, 0.29) is 0 Å². The van der Waals surface area contributed by atoms with Crippen LogP contribution in [0.2, 0.25) is 0 Å². The number of nitrogens with one attached hydrogen (secondary N) is 1. The molecular formula is C15H30N2O2S. The molecule has 0 bridgehead atoms. The normalized spacial score (nSPS) is 27.6. The lowest BCUT2D eigenvalue weighted by molar-refractivity contribution is 0.260. The highest BCUT2D eigenvalue weighted by atomic mass is 32.2. The van der Waals surface area contributed by atoms with Crippen LogP contribution in [0.25, 0.3) is 0 Å². The first-order valence-corrected chi connectivity index (χ1v) is 9.96. The van der Waals surface area contributed by atoms with Gasteiger partial charge < -0.3 is 5.32 Å². The van der Waals surface area contributed by atoms with Gasteiger partial charge in [0.05, 0.1) is 5.75 Å². The summed E-state index contributed by atoms with van der Waals surface area (Å²) in [6.45, 7) is 4.88. The zero-order valence-electron chi connectivity index (χ0n) is 12.8. The molecule has 0 spiro atoms. The van der Waals surface area contributed by atoms with E-state index in [0.29, 0.717) is 17.7 Å². The molecule has 0 aromatic carbocycles. The van der Waals surface area contributed by atoms with Crippen LogP contribution in [-0.4, -0.2) is 44.2 Å². The predicted octanol–water partition coefficient (Wildman–Crippen LogP) is 2.36. The van der Waals surface area contributed by atoms with Gasteiger partial charge in [-0.15, -0.1) is 0 Å². The molecule has 20 heavy (non-hydrogen) atoms. The van der Waals surface area contributed by atoms with E-state index < -0.39 is 10.0 Å². The zero-order valence-corrected chi connectivity index (χ0v) is 13.6. The Kier molecular flexibility index (Phi) is 6.30. The molecule has 0 aromatic rings. The van der Waals surface area contributed by atoms with Gasteiger partial charge in [-0.2, -0.15) is 4.31 Å². The monoisotopic (exact) mass is 302 g/mol. The molecule has 2 atom stereocenters. The van der Waals surface area contributed by atoms with Gasteiger partial charge in [0.15, 0.2) is 0 Å². The van der Waals surface area contributed by atoms with E-state index in [1.807, 2.05) is 4.31 Å². The third-order valence-electron chi connectivity index (χ3n) is 4.75. The number of nitrogens with zero attached hydrogens (tertiary/aromatic N) is 1. The predicted molar refractivity (Wildman–Crippen MR) is 83.3 cm³/mol. The number of fused-ring (bicyclic) bond motifs is 1. The Bertz CT molecular complexity index is 383. The second-order valence-corrected chi connectivity index (χ2v) is 8.33. The maximum Gasteiger partial charge on any atom is 0.214 e. The van der Waals surface area contributed by atoms with Crippen LogP contribution in [-0.2, 0) is 10.0 Å². The Morgan fingerprint density at radius 2 is 1.90 bits per heavy atom. The molecule has 0 aromatic heterocycles. The van der Waals surface area contributed by atoms with E-state index in [1.54, 1.807) is 0 Å². The van der Waals surface area contributed by atoms with E-state index >= 15 is 0 Å². The molecule has 1 heterocycles. The highest BCUT2D eigenvalue weighted by molar-refractivity contribution is 7.89. The van der Waals surface area contributed by atoms with Crippen molar-refractivity contribution in [1.82, 2.24) is 9.62 Å². The lowest BCUT2D eigenvalue weighted by Crippen LogP contribution is -2.40. The lowest BCUT2D eigenvalue weighted by Gasteiger charge is -2.31. The van der Waals surface area contributed by atoms with E-state index in [1.165, 1.54) is 19.3 Å². The lowest BCUT2D eigenvalue weighted by atomic mass is 9.86. The van der Waals surface area contributed by atoms with Crippen LogP contribution in [0.5, 0.6) is 0 Å². The Morgan fingerprint density at radius 1 is 1.10 bits per heavy atom. The number of hydrogen-bond donors (Lipinski definition) is 1. The van der Waals surface area contributed by atoms with Crippen molar-refractivity contribution in [2.45, 2.75) is 64.3 Å². The summed E-state index contributed by atoms with van der Waals surface area (Å²) < 4.78 is 26.8. The summed E-state index contributed by atoms with van der Waals surface area (Å²) in [7, 11) is -3.02. The van der Waals surface area contributed by atoms with Crippen molar-refractivity contribution < 1.29 is 8.42 Å². The summed E-state index contributed by atoms with van der Waals surface area (Å²) in [5.41, 5.74) is 0. The van der Waals surface area contributed by atoms with Crippen molar-refractivity contribution in [2.24, 2.45) is 5.92 Å². The molecule has 5 heteroatoms. The van der Waals surface area contributed by atoms with Crippen LogP contribution in [0.1, 0.15) is 58.3 Å². The summed E-state index contributed by atoms with van der Waals surface area (Å²) in [4.78, 5) is 0. The minimum absolute atomic E-state index is 0.326. The number of hydrogen-bond acceptors (Lipinski definition) is 3. The third kappa shape index (κ3) is 4.18. The SMILES string of the molecule is CCCNCCCCS(=O)(=O)N1CCC2CCCCC21. The fourth-order valence-corrected chi connectivity index (χ4v) is 5.54. The molecule has 118 valence electrons. The number of unbranched alkanes of at least 4 members (excludes halogenated alkanes) is 1. The minimum Gasteiger partial charge on any atom is -0.317 e. The molecule has 2 rings (SSSR count). The molecule has 2 unspecified atom stereocenters. The minimum atomic E-state index is -3.02. The molecule has 1 saturated heterocycles. The van der Waals surface area contributed by atoms with E-state index in [4.69, 9.17) is 0 Å². The molecule has 2 fully saturated rings. The van der Waals surface area contributed by atoms with Gasteiger partial charge in [-0.1, -0.05) is 19.8 Å². The highest BCUT2D eigenvalue weighted by Gasteiger charge is 2.41.